The second kappa shape index (κ2) is 5.87. The van der Waals surface area contributed by atoms with Gasteiger partial charge >= 0.3 is 0 Å². The van der Waals surface area contributed by atoms with E-state index < -0.39 is 0 Å². The zero-order valence-corrected chi connectivity index (χ0v) is 11.7. The van der Waals surface area contributed by atoms with Crippen LogP contribution in [-0.4, -0.2) is 6.54 Å². The first-order valence-electron chi connectivity index (χ1n) is 5.70. The fourth-order valence-electron chi connectivity index (χ4n) is 2.00. The van der Waals surface area contributed by atoms with E-state index in [-0.39, 0.29) is 5.82 Å². The van der Waals surface area contributed by atoms with Crippen molar-refractivity contribution in [2.75, 3.05) is 11.9 Å². The molecular weight excluding hydrogens is 305 g/mol. The maximum absolute atomic E-state index is 13.1. The summed E-state index contributed by atoms with van der Waals surface area (Å²) < 4.78 is 13.7. The molecule has 1 aromatic carbocycles. The van der Waals surface area contributed by atoms with E-state index in [2.05, 4.69) is 33.4 Å². The van der Waals surface area contributed by atoms with Gasteiger partial charge < -0.3 is 5.32 Å². The molecule has 1 N–H and O–H groups in total. The van der Waals surface area contributed by atoms with Crippen LogP contribution in [-0.2, 0) is 0 Å². The van der Waals surface area contributed by atoms with Gasteiger partial charge in [-0.2, -0.15) is 0 Å². The van der Waals surface area contributed by atoms with Crippen molar-refractivity contribution in [1.82, 2.24) is 0 Å². The van der Waals surface area contributed by atoms with Crippen LogP contribution in [0, 0.1) is 11.7 Å². The van der Waals surface area contributed by atoms with Crippen molar-refractivity contribution in [1.29, 1.82) is 0 Å². The molecule has 0 saturated heterocycles. The van der Waals surface area contributed by atoms with Crippen LogP contribution in [0.3, 0.4) is 0 Å². The van der Waals surface area contributed by atoms with Crippen molar-refractivity contribution >= 4 is 33.2 Å². The number of anilines is 1. The molecule has 0 radical (unpaired) electrons. The molecule has 0 spiro atoms. The molecule has 1 aromatic rings. The van der Waals surface area contributed by atoms with Crippen LogP contribution in [0.1, 0.15) is 19.3 Å². The Balaban J connectivity index is 2.01. The van der Waals surface area contributed by atoms with Crippen molar-refractivity contribution in [2.24, 2.45) is 5.92 Å². The van der Waals surface area contributed by atoms with Crippen molar-refractivity contribution < 1.29 is 4.39 Å². The molecule has 0 aromatic heterocycles. The Hall–Kier alpha value is -0.540. The molecule has 0 bridgehead atoms. The quantitative estimate of drug-likeness (QED) is 0.772. The highest BCUT2D eigenvalue weighted by atomic mass is 79.9. The Kier molecular flexibility index (Phi) is 4.46. The number of hydrogen-bond donors (Lipinski definition) is 1. The fraction of sp³-hybridized carbons (Fsp3) is 0.385. The van der Waals surface area contributed by atoms with Crippen LogP contribution in [0.2, 0.25) is 5.02 Å². The summed E-state index contributed by atoms with van der Waals surface area (Å²) in [7, 11) is 0. The van der Waals surface area contributed by atoms with Crippen LogP contribution >= 0.6 is 27.5 Å². The summed E-state index contributed by atoms with van der Waals surface area (Å²) >= 11 is 9.33. The molecule has 17 heavy (non-hydrogen) atoms. The molecule has 1 aliphatic rings. The van der Waals surface area contributed by atoms with E-state index in [0.29, 0.717) is 15.4 Å². The summed E-state index contributed by atoms with van der Waals surface area (Å²) in [5.41, 5.74) is 0.780. The highest BCUT2D eigenvalue weighted by Crippen LogP contribution is 2.32. The number of rotatable bonds is 3. The molecular formula is C13H14BrClFN. The normalized spacial score (nSPS) is 19.4. The Morgan fingerprint density at radius 1 is 1.41 bits per heavy atom. The predicted molar refractivity (Wildman–Crippen MR) is 74.1 cm³/mol. The van der Waals surface area contributed by atoms with Gasteiger partial charge in [-0.3, -0.25) is 0 Å². The highest BCUT2D eigenvalue weighted by Gasteiger charge is 2.12. The minimum Gasteiger partial charge on any atom is -0.383 e. The first kappa shape index (κ1) is 12.9. The zero-order chi connectivity index (χ0) is 12.3. The molecule has 4 heteroatoms. The Bertz CT molecular complexity index is 410. The van der Waals surface area contributed by atoms with E-state index in [1.165, 1.54) is 18.6 Å². The molecule has 0 saturated carbocycles. The van der Waals surface area contributed by atoms with E-state index in [0.717, 1.165) is 25.1 Å². The van der Waals surface area contributed by atoms with Crippen molar-refractivity contribution in [2.45, 2.75) is 19.3 Å². The van der Waals surface area contributed by atoms with E-state index in [1.54, 1.807) is 0 Å². The topological polar surface area (TPSA) is 12.0 Å². The third kappa shape index (κ3) is 3.46. The Morgan fingerprint density at radius 3 is 2.88 bits per heavy atom. The number of hydrogen-bond acceptors (Lipinski definition) is 1. The standard InChI is InChI=1S/C13H14BrClFN/c14-11-6-10(16)7-12(15)13(11)17-8-9-4-2-1-3-5-9/h1-2,6-7,9,17H,3-5,8H2. The lowest BCUT2D eigenvalue weighted by atomic mass is 9.94. The van der Waals surface area contributed by atoms with E-state index in [9.17, 15) is 4.39 Å². The van der Waals surface area contributed by atoms with Gasteiger partial charge in [-0.1, -0.05) is 23.8 Å². The molecule has 2 rings (SSSR count). The van der Waals surface area contributed by atoms with Crippen molar-refractivity contribution in [3.63, 3.8) is 0 Å². The average molecular weight is 319 g/mol. The van der Waals surface area contributed by atoms with Crippen molar-refractivity contribution in [3.05, 3.63) is 39.6 Å². The predicted octanol–water partition coefficient (Wildman–Crippen LogP) is 5.01. The summed E-state index contributed by atoms with van der Waals surface area (Å²) in [5.74, 6) is 0.307. The molecule has 1 unspecified atom stereocenters. The van der Waals surface area contributed by atoms with E-state index in [1.807, 2.05) is 0 Å². The van der Waals surface area contributed by atoms with Gasteiger partial charge in [0, 0.05) is 11.0 Å². The van der Waals surface area contributed by atoms with Gasteiger partial charge in [-0.05, 0) is 53.2 Å². The minimum absolute atomic E-state index is 0.326. The lowest BCUT2D eigenvalue weighted by Crippen LogP contribution is -2.15. The smallest absolute Gasteiger partial charge is 0.125 e. The number of halogens is 3. The Morgan fingerprint density at radius 2 is 2.24 bits per heavy atom. The lowest BCUT2D eigenvalue weighted by Gasteiger charge is -2.20. The van der Waals surface area contributed by atoms with Gasteiger partial charge in [0.25, 0.3) is 0 Å². The van der Waals surface area contributed by atoms with Crippen LogP contribution in [0.15, 0.2) is 28.8 Å². The molecule has 1 aliphatic carbocycles. The van der Waals surface area contributed by atoms with E-state index >= 15 is 0 Å². The van der Waals surface area contributed by atoms with Gasteiger partial charge in [0.15, 0.2) is 0 Å². The maximum Gasteiger partial charge on any atom is 0.125 e. The first-order valence-corrected chi connectivity index (χ1v) is 6.87. The Labute approximate surface area is 114 Å². The molecule has 0 amide bonds. The largest absolute Gasteiger partial charge is 0.383 e. The van der Waals surface area contributed by atoms with Crippen LogP contribution < -0.4 is 5.32 Å². The van der Waals surface area contributed by atoms with Gasteiger partial charge in [-0.25, -0.2) is 4.39 Å². The number of benzene rings is 1. The maximum atomic E-state index is 13.1. The molecule has 0 aliphatic heterocycles. The van der Waals surface area contributed by atoms with Gasteiger partial charge in [-0.15, -0.1) is 0 Å². The summed E-state index contributed by atoms with van der Waals surface area (Å²) in [6.45, 7) is 0.869. The third-order valence-corrected chi connectivity index (χ3v) is 3.88. The van der Waals surface area contributed by atoms with Crippen LogP contribution in [0.25, 0.3) is 0 Å². The van der Waals surface area contributed by atoms with Gasteiger partial charge in [0.1, 0.15) is 5.82 Å². The number of allylic oxidation sites excluding steroid dienone is 2. The molecule has 1 nitrogen and oxygen atoms in total. The second-order valence-corrected chi connectivity index (χ2v) is 5.54. The van der Waals surface area contributed by atoms with Crippen LogP contribution in [0.4, 0.5) is 10.1 Å². The van der Waals surface area contributed by atoms with Gasteiger partial charge in [0.05, 0.1) is 10.7 Å². The third-order valence-electron chi connectivity index (χ3n) is 2.95. The summed E-state index contributed by atoms with van der Waals surface area (Å²) in [6.07, 6.45) is 7.88. The van der Waals surface area contributed by atoms with E-state index in [4.69, 9.17) is 11.6 Å². The first-order chi connectivity index (χ1) is 8.16. The summed E-state index contributed by atoms with van der Waals surface area (Å²) in [4.78, 5) is 0. The molecule has 92 valence electrons. The lowest BCUT2D eigenvalue weighted by molar-refractivity contribution is 0.504. The average Bonchev–Trinajstić information content (AvgIpc) is 2.29. The summed E-state index contributed by atoms with van der Waals surface area (Å²) in [6, 6.07) is 2.75. The second-order valence-electron chi connectivity index (χ2n) is 4.28. The van der Waals surface area contributed by atoms with Gasteiger partial charge in [0.2, 0.25) is 0 Å². The molecule has 1 atom stereocenters. The highest BCUT2D eigenvalue weighted by molar-refractivity contribution is 9.10. The fourth-order valence-corrected chi connectivity index (χ4v) is 2.96. The van der Waals surface area contributed by atoms with Crippen LogP contribution in [0.5, 0.6) is 0 Å². The summed E-state index contributed by atoms with van der Waals surface area (Å²) in [5, 5.41) is 3.72. The zero-order valence-electron chi connectivity index (χ0n) is 9.35. The monoisotopic (exact) mass is 317 g/mol. The molecule has 0 fully saturated rings. The van der Waals surface area contributed by atoms with Crippen molar-refractivity contribution in [3.8, 4) is 0 Å². The SMILES string of the molecule is Fc1cc(Cl)c(NCC2CC=CCC2)c(Br)c1. The molecule has 0 heterocycles. The minimum atomic E-state index is -0.326. The number of nitrogens with one attached hydrogen (secondary N) is 1.